The van der Waals surface area contributed by atoms with Gasteiger partial charge in [-0.15, -0.1) is 0 Å². The predicted molar refractivity (Wildman–Crippen MR) is 466 cm³/mol. The van der Waals surface area contributed by atoms with E-state index in [0.29, 0.717) is 18.8 Å². The summed E-state index contributed by atoms with van der Waals surface area (Å²) in [6.07, 6.45) is 4.16. The quantitative estimate of drug-likeness (QED) is 0.0116. The topological polar surface area (TPSA) is 251 Å². The molecule has 0 saturated heterocycles. The van der Waals surface area contributed by atoms with Gasteiger partial charge in [0.25, 0.3) is 0 Å². The highest BCUT2D eigenvalue weighted by molar-refractivity contribution is 7.97. The molecule has 0 N–H and O–H groups in total. The minimum absolute atomic E-state index is 0.0146. The molecule has 0 aromatic heterocycles. The fourth-order valence-electron chi connectivity index (χ4n) is 13.0. The first-order valence-electron chi connectivity index (χ1n) is 39.9. The number of esters is 6. The van der Waals surface area contributed by atoms with Crippen molar-refractivity contribution in [2.45, 2.75) is 178 Å². The van der Waals surface area contributed by atoms with E-state index in [1.807, 2.05) is 6.92 Å². The molecule has 4 aliphatic carbocycles. The molecule has 4 fully saturated rings. The third-order valence-corrected chi connectivity index (χ3v) is 26.4. The Hall–Kier alpha value is -11.3. The Morgan fingerprint density at radius 2 is 0.630 bits per heavy atom. The van der Waals surface area contributed by atoms with E-state index in [9.17, 15) is 81.7 Å². The van der Waals surface area contributed by atoms with Gasteiger partial charge in [0, 0.05) is 13.8 Å². The van der Waals surface area contributed by atoms with Gasteiger partial charge in [-0.1, -0.05) is 184 Å². The van der Waals surface area contributed by atoms with Gasteiger partial charge in [-0.25, -0.2) is 42.0 Å². The number of carbonyl (C=O) groups excluding carboxylic acids is 7. The smallest absolute Gasteiger partial charge is 0.509 e. The van der Waals surface area contributed by atoms with Crippen molar-refractivity contribution < 1.29 is 120 Å². The van der Waals surface area contributed by atoms with Crippen LogP contribution >= 0.6 is 0 Å². The van der Waals surface area contributed by atoms with Crippen molar-refractivity contribution in [2.24, 2.45) is 23.7 Å². The van der Waals surface area contributed by atoms with Crippen LogP contribution in [0, 0.1) is 23.7 Å². The van der Waals surface area contributed by atoms with Crippen molar-refractivity contribution in [3.63, 3.8) is 0 Å². The largest absolute Gasteiger partial charge is 0.743 e. The third-order valence-electron chi connectivity index (χ3n) is 18.9. The maximum atomic E-state index is 13.2. The highest BCUT2D eigenvalue weighted by Crippen LogP contribution is 2.59. The Bertz CT molecular complexity index is 4590. The molecule has 0 atom stereocenters. The normalized spacial score (nSPS) is 16.3. The number of hydrogen-bond donors (Lipinski definition) is 0. The summed E-state index contributed by atoms with van der Waals surface area (Å²) in [5, 5.41) is -4.77. The molecule has 0 spiro atoms. The second-order valence-electron chi connectivity index (χ2n) is 31.5. The van der Waals surface area contributed by atoms with Crippen LogP contribution in [-0.2, 0) is 109 Å². The number of benzene rings is 9. The van der Waals surface area contributed by atoms with Crippen LogP contribution in [0.2, 0.25) is 0 Å². The number of halogens is 8. The summed E-state index contributed by atoms with van der Waals surface area (Å²) in [6, 6.07) is 96.5. The van der Waals surface area contributed by atoms with Gasteiger partial charge in [0.1, 0.15) is 36.6 Å². The first kappa shape index (κ1) is 103. The first-order valence-corrected chi connectivity index (χ1v) is 44.9. The molecule has 30 heteroatoms. The van der Waals surface area contributed by atoms with Crippen LogP contribution < -0.4 is 0 Å². The summed E-state index contributed by atoms with van der Waals surface area (Å²) in [4.78, 5) is 92.0. The average molecular weight is 1840 g/mol. The second-order valence-corrected chi connectivity index (χ2v) is 39.1. The zero-order valence-corrected chi connectivity index (χ0v) is 74.8. The van der Waals surface area contributed by atoms with Crippen molar-refractivity contribution in [3.05, 3.63) is 309 Å². The summed E-state index contributed by atoms with van der Waals surface area (Å²) in [5.74, 6) is -19.8. The molecule has 0 aliphatic heterocycles. The molecule has 127 heavy (non-hydrogen) atoms. The summed E-state index contributed by atoms with van der Waals surface area (Å²) in [6.45, 7) is 16.3. The van der Waals surface area contributed by atoms with Crippen LogP contribution in [-0.4, -0.2) is 128 Å². The predicted octanol–water partition coefficient (Wildman–Crippen LogP) is 21.3. The lowest BCUT2D eigenvalue weighted by atomic mass is 9.50. The maximum absolute atomic E-state index is 13.2. The molecule has 4 bridgehead atoms. The Kier molecular flexibility index (Phi) is 38.0. The Balaban J connectivity index is 0.000000212. The van der Waals surface area contributed by atoms with Crippen LogP contribution in [0.4, 0.5) is 39.9 Å². The van der Waals surface area contributed by atoms with E-state index in [1.54, 1.807) is 41.5 Å². The zero-order valence-electron chi connectivity index (χ0n) is 71.5. The van der Waals surface area contributed by atoms with E-state index < -0.39 is 136 Å². The highest BCUT2D eigenvalue weighted by atomic mass is 32.2. The lowest BCUT2D eigenvalue weighted by Gasteiger charge is -2.59. The van der Waals surface area contributed by atoms with E-state index >= 15 is 0 Å². The first-order chi connectivity index (χ1) is 59.7. The molecule has 4 saturated carbocycles. The van der Waals surface area contributed by atoms with Crippen LogP contribution in [0.3, 0.4) is 0 Å². The van der Waals surface area contributed by atoms with Gasteiger partial charge < -0.3 is 42.4 Å². The third kappa shape index (κ3) is 32.5. The highest BCUT2D eigenvalue weighted by Gasteiger charge is 2.60. The van der Waals surface area contributed by atoms with Gasteiger partial charge in [-0.3, -0.25) is 0 Å². The number of rotatable bonds is 27. The van der Waals surface area contributed by atoms with Crippen LogP contribution in [0.5, 0.6) is 0 Å². The van der Waals surface area contributed by atoms with E-state index in [-0.39, 0.29) is 57.0 Å². The van der Waals surface area contributed by atoms with Crippen LogP contribution in [0.1, 0.15) is 94.4 Å². The van der Waals surface area contributed by atoms with Crippen LogP contribution in [0.25, 0.3) is 0 Å². The SMILES string of the molecule is C=C(COC(=O)C(C)(F)F)C(=O)OC(C)(C)C.C=C(COC(=O)C(F)(F)C(C)(F)F)C(=O)OCC(=O)OC1(C)C2CC3CC(C2)CC1C3.C=C(COC(=O)OC(C)(C)C)C(=O)OCC(F)(F)S(=O)(=O)[O-].c1ccc([S+](c2ccccc2)c2ccccc2)cc1.c1ccc([S+](c2ccccc2)c2ccccc2)cc1.c1ccc([S+](c2ccccc2)c2ccccc2)cc1. The fourth-order valence-corrected chi connectivity index (χ4v) is 19.5. The fraction of sp³-hybridized carbons (Fsp3) is 0.309. The Morgan fingerprint density at radius 3 is 0.890 bits per heavy atom. The molecular formula is C97H102F8O18S4+2. The van der Waals surface area contributed by atoms with Gasteiger partial charge in [-0.05, 0) is 213 Å². The minimum atomic E-state index is -5.97. The van der Waals surface area contributed by atoms with Gasteiger partial charge in [0.15, 0.2) is 67.4 Å². The van der Waals surface area contributed by atoms with Crippen molar-refractivity contribution in [1.29, 1.82) is 0 Å². The molecule has 676 valence electrons. The molecule has 0 heterocycles. The van der Waals surface area contributed by atoms with E-state index in [2.05, 4.69) is 312 Å². The number of ether oxygens (including phenoxy) is 8. The number of alkyl halides is 8. The summed E-state index contributed by atoms with van der Waals surface area (Å²) in [5.41, 5.74) is -3.51. The standard InChI is InChI=1S/C21H26F4O6.3C18H15S.C11H16F2O8S.C11H16F2O4/c1-11(9-30-18(28)21(24,25)20(3,22)23)17(27)29-10-16(26)31-19(2)14-5-12-4-13(7-14)8-15(19)6-12;3*1-4-10-16(11-5-1)19(17-12-6-2-7-13-17)18-14-8-3-9-15-18;1-7(5-19-9(15)21-10(2,3)4)8(14)20-6-11(12,13)22(16,17)18;1-7(8(14)17-10(2,3)4)6-16-9(15)11(5,12)13/h12-15H,1,4-10H2,2-3H3;3*1-15H;1,5-6H2,2-4H3,(H,16,17,18);1,6H2,2-5H3/q;3*+1;;/p-1. The van der Waals surface area contributed by atoms with Gasteiger partial charge >= 0.3 is 65.0 Å². The van der Waals surface area contributed by atoms with E-state index in [0.717, 1.165) is 25.7 Å². The Morgan fingerprint density at radius 1 is 0.370 bits per heavy atom. The lowest BCUT2D eigenvalue weighted by molar-refractivity contribution is -0.221. The summed E-state index contributed by atoms with van der Waals surface area (Å²) in [7, 11) is -6.01. The number of carbonyl (C=O) groups is 7. The molecule has 18 nitrogen and oxygen atoms in total. The molecule has 0 unspecified atom stereocenters. The second kappa shape index (κ2) is 47.0. The average Bonchev–Trinajstić information content (AvgIpc) is 0.731. The van der Waals surface area contributed by atoms with Gasteiger partial charge in [-0.2, -0.15) is 35.1 Å². The van der Waals surface area contributed by atoms with Gasteiger partial charge in [0.2, 0.25) is 0 Å². The minimum Gasteiger partial charge on any atom is -0.743 e. The van der Waals surface area contributed by atoms with Crippen molar-refractivity contribution in [2.75, 3.05) is 33.0 Å². The van der Waals surface area contributed by atoms with Crippen molar-refractivity contribution in [1.82, 2.24) is 0 Å². The Labute approximate surface area is 744 Å². The summed E-state index contributed by atoms with van der Waals surface area (Å²) < 4.78 is 169. The molecule has 0 amide bonds. The molecule has 0 radical (unpaired) electrons. The monoisotopic (exact) mass is 1830 g/mol. The van der Waals surface area contributed by atoms with Gasteiger partial charge in [0.05, 0.1) is 49.4 Å². The number of hydrogen-bond acceptors (Lipinski definition) is 18. The van der Waals surface area contributed by atoms with Crippen molar-refractivity contribution in [3.8, 4) is 0 Å². The zero-order chi connectivity index (χ0) is 93.6. The van der Waals surface area contributed by atoms with E-state index in [1.165, 1.54) is 50.5 Å². The maximum Gasteiger partial charge on any atom is 0.509 e. The van der Waals surface area contributed by atoms with Crippen molar-refractivity contribution >= 4 is 84.8 Å². The molecule has 4 aliphatic rings. The molecule has 13 rings (SSSR count). The van der Waals surface area contributed by atoms with E-state index in [4.69, 9.17) is 18.9 Å². The molecule has 9 aromatic rings. The molecule has 9 aromatic carbocycles. The summed E-state index contributed by atoms with van der Waals surface area (Å²) >= 11 is 0. The lowest BCUT2D eigenvalue weighted by Crippen LogP contribution is -2.58. The van der Waals surface area contributed by atoms with Crippen LogP contribution in [0.15, 0.2) is 354 Å². The molecular weight excluding hydrogens is 1730 g/mol.